The second-order valence-corrected chi connectivity index (χ2v) is 7.05. The summed E-state index contributed by atoms with van der Waals surface area (Å²) in [5.41, 5.74) is 1.16. The molecule has 2 aliphatic heterocycles. The van der Waals surface area contributed by atoms with Crippen LogP contribution in [0.15, 0.2) is 41.8 Å². The minimum atomic E-state index is 0.231. The first kappa shape index (κ1) is 14.7. The van der Waals surface area contributed by atoms with Gasteiger partial charge in [0.05, 0.1) is 12.6 Å². The lowest BCUT2D eigenvalue weighted by Crippen LogP contribution is -2.49. The van der Waals surface area contributed by atoms with Gasteiger partial charge in [-0.25, -0.2) is 0 Å². The van der Waals surface area contributed by atoms with Gasteiger partial charge in [0, 0.05) is 30.1 Å². The Kier molecular flexibility index (Phi) is 4.06. The van der Waals surface area contributed by atoms with Crippen LogP contribution >= 0.6 is 11.3 Å². The molecule has 0 aliphatic carbocycles. The van der Waals surface area contributed by atoms with E-state index in [1.807, 2.05) is 23.1 Å². The van der Waals surface area contributed by atoms with Gasteiger partial charge in [0.25, 0.3) is 0 Å². The number of benzene rings is 1. The maximum Gasteiger partial charge on any atom is 0.237 e. The number of amides is 1. The molecule has 0 spiro atoms. The lowest BCUT2D eigenvalue weighted by molar-refractivity contribution is -0.140. The zero-order valence-electron chi connectivity index (χ0n) is 13.0. The first-order valence-corrected chi connectivity index (χ1v) is 8.95. The van der Waals surface area contributed by atoms with Crippen LogP contribution in [0.2, 0.25) is 0 Å². The van der Waals surface area contributed by atoms with E-state index in [4.69, 9.17) is 4.74 Å². The average molecular weight is 328 g/mol. The molecule has 1 amide bonds. The van der Waals surface area contributed by atoms with Crippen molar-refractivity contribution in [1.29, 1.82) is 0 Å². The Labute approximate surface area is 140 Å². The third-order valence-corrected chi connectivity index (χ3v) is 5.58. The summed E-state index contributed by atoms with van der Waals surface area (Å²) in [6.07, 6.45) is 1.08. The van der Waals surface area contributed by atoms with Crippen LogP contribution in [0, 0.1) is 0 Å². The van der Waals surface area contributed by atoms with Crippen LogP contribution in [0.5, 0.6) is 5.75 Å². The lowest BCUT2D eigenvalue weighted by atomic mass is 10.0. The second kappa shape index (κ2) is 6.34. The quantitative estimate of drug-likeness (QED) is 0.868. The molecule has 0 N–H and O–H groups in total. The number of likely N-dealkylation sites (tertiary alicyclic amines) is 1. The molecule has 1 saturated heterocycles. The monoisotopic (exact) mass is 328 g/mol. The average Bonchev–Trinajstić information content (AvgIpc) is 2.93. The number of carbonyl (C=O) groups is 1. The zero-order valence-corrected chi connectivity index (χ0v) is 13.8. The standard InChI is InChI=1S/C18H20N2O2S/c21-18(20-8-7-15(20)17-6-3-11-23-17)13-19-9-10-22-16-5-2-1-4-14(16)12-19/h1-6,11,15H,7-10,12-13H2. The molecular weight excluding hydrogens is 308 g/mol. The van der Waals surface area contributed by atoms with Crippen molar-refractivity contribution in [1.82, 2.24) is 9.80 Å². The summed E-state index contributed by atoms with van der Waals surface area (Å²) in [6.45, 7) is 3.55. The van der Waals surface area contributed by atoms with Gasteiger partial charge in [-0.05, 0) is 23.9 Å². The van der Waals surface area contributed by atoms with Crippen molar-refractivity contribution < 1.29 is 9.53 Å². The Hall–Kier alpha value is -1.85. The van der Waals surface area contributed by atoms with Gasteiger partial charge < -0.3 is 9.64 Å². The number of para-hydroxylation sites is 1. The molecule has 1 atom stereocenters. The maximum absolute atomic E-state index is 12.7. The third kappa shape index (κ3) is 2.99. The van der Waals surface area contributed by atoms with E-state index in [0.29, 0.717) is 13.2 Å². The number of carbonyl (C=O) groups excluding carboxylic acids is 1. The minimum absolute atomic E-state index is 0.231. The van der Waals surface area contributed by atoms with Crippen molar-refractivity contribution in [2.75, 3.05) is 26.2 Å². The molecule has 5 heteroatoms. The summed E-state index contributed by atoms with van der Waals surface area (Å²) in [4.78, 5) is 18.2. The topological polar surface area (TPSA) is 32.8 Å². The summed E-state index contributed by atoms with van der Waals surface area (Å²) >= 11 is 1.74. The number of fused-ring (bicyclic) bond motifs is 1. The summed E-state index contributed by atoms with van der Waals surface area (Å²) in [6, 6.07) is 12.6. The van der Waals surface area contributed by atoms with Gasteiger partial charge in [-0.2, -0.15) is 0 Å². The largest absolute Gasteiger partial charge is 0.492 e. The Bertz CT molecular complexity index is 686. The van der Waals surface area contributed by atoms with Gasteiger partial charge in [-0.15, -0.1) is 11.3 Å². The third-order valence-electron chi connectivity index (χ3n) is 4.60. The van der Waals surface area contributed by atoms with Crippen LogP contribution in [0.25, 0.3) is 0 Å². The summed E-state index contributed by atoms with van der Waals surface area (Å²) in [5.74, 6) is 1.18. The molecule has 120 valence electrons. The molecule has 0 saturated carbocycles. The first-order valence-electron chi connectivity index (χ1n) is 8.07. The van der Waals surface area contributed by atoms with E-state index in [2.05, 4.69) is 28.5 Å². The number of nitrogens with zero attached hydrogens (tertiary/aromatic N) is 2. The summed E-state index contributed by atoms with van der Waals surface area (Å²) in [5, 5.41) is 2.08. The normalized spacial score (nSPS) is 21.0. The Balaban J connectivity index is 1.41. The molecule has 1 unspecified atom stereocenters. The van der Waals surface area contributed by atoms with E-state index < -0.39 is 0 Å². The number of thiophene rings is 1. The lowest BCUT2D eigenvalue weighted by Gasteiger charge is -2.41. The zero-order chi connectivity index (χ0) is 15.6. The van der Waals surface area contributed by atoms with E-state index in [-0.39, 0.29) is 11.9 Å². The van der Waals surface area contributed by atoms with Crippen LogP contribution in [-0.4, -0.2) is 41.9 Å². The van der Waals surface area contributed by atoms with Crippen LogP contribution in [0.1, 0.15) is 22.9 Å². The molecule has 2 aliphatic rings. The molecule has 3 heterocycles. The highest BCUT2D eigenvalue weighted by Crippen LogP contribution is 2.35. The van der Waals surface area contributed by atoms with Gasteiger partial charge >= 0.3 is 0 Å². The van der Waals surface area contributed by atoms with Crippen LogP contribution in [0.3, 0.4) is 0 Å². The Morgan fingerprint density at radius 3 is 2.91 bits per heavy atom. The molecule has 1 fully saturated rings. The molecule has 4 nitrogen and oxygen atoms in total. The number of rotatable bonds is 3. The van der Waals surface area contributed by atoms with E-state index in [9.17, 15) is 4.79 Å². The van der Waals surface area contributed by atoms with E-state index >= 15 is 0 Å². The number of hydrogen-bond acceptors (Lipinski definition) is 4. The highest BCUT2D eigenvalue weighted by molar-refractivity contribution is 7.10. The highest BCUT2D eigenvalue weighted by Gasteiger charge is 2.34. The van der Waals surface area contributed by atoms with Gasteiger partial charge in [0.2, 0.25) is 5.91 Å². The minimum Gasteiger partial charge on any atom is -0.492 e. The molecule has 0 radical (unpaired) electrons. The highest BCUT2D eigenvalue weighted by atomic mass is 32.1. The summed E-state index contributed by atoms with van der Waals surface area (Å²) < 4.78 is 5.78. The Morgan fingerprint density at radius 1 is 1.22 bits per heavy atom. The molecule has 2 aromatic rings. The number of ether oxygens (including phenoxy) is 1. The summed E-state index contributed by atoms with van der Waals surface area (Å²) in [7, 11) is 0. The van der Waals surface area contributed by atoms with Gasteiger partial charge in [-0.3, -0.25) is 9.69 Å². The fraction of sp³-hybridized carbons (Fsp3) is 0.389. The van der Waals surface area contributed by atoms with Crippen molar-refractivity contribution in [2.24, 2.45) is 0 Å². The van der Waals surface area contributed by atoms with Gasteiger partial charge in [0.15, 0.2) is 0 Å². The van der Waals surface area contributed by atoms with Crippen molar-refractivity contribution in [3.05, 3.63) is 52.2 Å². The van der Waals surface area contributed by atoms with Gasteiger partial charge in [0.1, 0.15) is 12.4 Å². The number of hydrogen-bond donors (Lipinski definition) is 0. The first-order chi connectivity index (χ1) is 11.3. The van der Waals surface area contributed by atoms with Crippen molar-refractivity contribution in [2.45, 2.75) is 19.0 Å². The van der Waals surface area contributed by atoms with E-state index in [0.717, 1.165) is 37.4 Å². The Morgan fingerprint density at radius 2 is 2.13 bits per heavy atom. The molecule has 0 bridgehead atoms. The maximum atomic E-state index is 12.7. The molecule has 23 heavy (non-hydrogen) atoms. The predicted octanol–water partition coefficient (Wildman–Crippen LogP) is 2.92. The van der Waals surface area contributed by atoms with Crippen molar-refractivity contribution >= 4 is 17.2 Å². The SMILES string of the molecule is O=C(CN1CCOc2ccccc2C1)N1CCC1c1cccs1. The fourth-order valence-electron chi connectivity index (χ4n) is 3.26. The van der Waals surface area contributed by atoms with Crippen molar-refractivity contribution in [3.8, 4) is 5.75 Å². The van der Waals surface area contributed by atoms with Gasteiger partial charge in [-0.1, -0.05) is 24.3 Å². The fourth-order valence-corrected chi connectivity index (χ4v) is 4.13. The second-order valence-electron chi connectivity index (χ2n) is 6.07. The van der Waals surface area contributed by atoms with Crippen LogP contribution in [-0.2, 0) is 11.3 Å². The molecular formula is C18H20N2O2S. The molecule has 4 rings (SSSR count). The van der Waals surface area contributed by atoms with Crippen LogP contribution in [0.4, 0.5) is 0 Å². The van der Waals surface area contributed by atoms with Crippen molar-refractivity contribution in [3.63, 3.8) is 0 Å². The van der Waals surface area contributed by atoms with Crippen LogP contribution < -0.4 is 4.74 Å². The van der Waals surface area contributed by atoms with E-state index in [1.54, 1.807) is 11.3 Å². The molecule has 1 aromatic carbocycles. The van der Waals surface area contributed by atoms with E-state index in [1.165, 1.54) is 4.88 Å². The molecule has 1 aromatic heterocycles. The smallest absolute Gasteiger partial charge is 0.237 e. The predicted molar refractivity (Wildman–Crippen MR) is 90.6 cm³/mol.